The Bertz CT molecular complexity index is 365. The Balaban J connectivity index is 3.11. The number of benzene rings is 1. The Labute approximate surface area is 120 Å². The maximum absolute atomic E-state index is 13.0. The molecule has 1 aromatic carbocycles. The minimum absolute atomic E-state index is 0.149. The summed E-state index contributed by atoms with van der Waals surface area (Å²) in [4.78, 5) is 0. The lowest BCUT2D eigenvalue weighted by atomic mass is 10.2. The number of alkyl halides is 1. The van der Waals surface area contributed by atoms with E-state index in [-0.39, 0.29) is 5.82 Å². The van der Waals surface area contributed by atoms with Gasteiger partial charge < -0.3 is 0 Å². The average Bonchev–Trinajstić information content (AvgIpc) is 2.20. The molecular weight excluding hydrogens is 346 g/mol. The standard InChI is InChI=1S/C14H22FIS/c1-14(2,3)17(4,5)13(10-16)11-6-8-12(15)9-7-11/h6-9,13H,10H2,1-5H3. The zero-order valence-corrected chi connectivity index (χ0v) is 14.2. The van der Waals surface area contributed by atoms with Crippen LogP contribution in [0.5, 0.6) is 0 Å². The van der Waals surface area contributed by atoms with Crippen LogP contribution in [-0.2, 0) is 0 Å². The zero-order chi connectivity index (χ0) is 13.3. The van der Waals surface area contributed by atoms with Gasteiger partial charge in [0, 0.05) is 9.68 Å². The van der Waals surface area contributed by atoms with Crippen molar-refractivity contribution in [2.24, 2.45) is 0 Å². The van der Waals surface area contributed by atoms with Crippen LogP contribution in [0.25, 0.3) is 0 Å². The third-order valence-corrected chi connectivity index (χ3v) is 10.2. The summed E-state index contributed by atoms with van der Waals surface area (Å²) in [5.41, 5.74) is 1.27. The molecule has 0 N–H and O–H groups in total. The molecule has 0 saturated heterocycles. The molecule has 0 bridgehead atoms. The van der Waals surface area contributed by atoms with Crippen LogP contribution in [0.15, 0.2) is 24.3 Å². The SMILES string of the molecule is CC(C)(C)S(C)(C)C(CI)c1ccc(F)cc1. The van der Waals surface area contributed by atoms with E-state index in [0.29, 0.717) is 10.00 Å². The summed E-state index contributed by atoms with van der Waals surface area (Å²) in [7, 11) is -0.784. The molecule has 1 unspecified atom stereocenters. The van der Waals surface area contributed by atoms with Gasteiger partial charge in [-0.05, 0) is 35.0 Å². The van der Waals surface area contributed by atoms with Crippen molar-refractivity contribution in [1.82, 2.24) is 0 Å². The number of hydrogen-bond acceptors (Lipinski definition) is 0. The van der Waals surface area contributed by atoms with Crippen LogP contribution in [-0.4, -0.2) is 21.7 Å². The summed E-state index contributed by atoms with van der Waals surface area (Å²) >= 11 is 2.45. The highest BCUT2D eigenvalue weighted by Crippen LogP contribution is 2.63. The fourth-order valence-electron chi connectivity index (χ4n) is 1.69. The van der Waals surface area contributed by atoms with E-state index in [1.165, 1.54) is 5.56 Å². The minimum atomic E-state index is -0.784. The third kappa shape index (κ3) is 3.37. The molecule has 1 rings (SSSR count). The quantitative estimate of drug-likeness (QED) is 0.510. The molecule has 17 heavy (non-hydrogen) atoms. The van der Waals surface area contributed by atoms with Gasteiger partial charge in [0.1, 0.15) is 5.82 Å². The van der Waals surface area contributed by atoms with Gasteiger partial charge in [0.15, 0.2) is 0 Å². The largest absolute Gasteiger partial charge is 0.234 e. The zero-order valence-electron chi connectivity index (χ0n) is 11.3. The van der Waals surface area contributed by atoms with Crippen molar-refractivity contribution in [1.29, 1.82) is 0 Å². The van der Waals surface area contributed by atoms with E-state index in [9.17, 15) is 4.39 Å². The summed E-state index contributed by atoms with van der Waals surface area (Å²) in [5, 5.41) is 0.531. The Morgan fingerprint density at radius 1 is 1.18 bits per heavy atom. The molecule has 98 valence electrons. The minimum Gasteiger partial charge on any atom is -0.234 e. The van der Waals surface area contributed by atoms with Gasteiger partial charge in [0.2, 0.25) is 0 Å². The van der Waals surface area contributed by atoms with Crippen LogP contribution in [0.2, 0.25) is 0 Å². The maximum atomic E-state index is 13.0. The molecule has 0 aliphatic carbocycles. The summed E-state index contributed by atoms with van der Waals surface area (Å²) in [6.45, 7) is 6.93. The molecule has 0 amide bonds. The van der Waals surface area contributed by atoms with E-state index in [0.717, 1.165) is 4.43 Å². The Hall–Kier alpha value is 0.230. The van der Waals surface area contributed by atoms with Gasteiger partial charge in [0.25, 0.3) is 0 Å². The lowest BCUT2D eigenvalue weighted by molar-refractivity contribution is 0.627. The lowest BCUT2D eigenvalue weighted by Crippen LogP contribution is -2.28. The van der Waals surface area contributed by atoms with Crippen molar-refractivity contribution in [3.8, 4) is 0 Å². The maximum Gasteiger partial charge on any atom is 0.123 e. The van der Waals surface area contributed by atoms with Gasteiger partial charge in [-0.1, -0.05) is 55.5 Å². The molecule has 0 aliphatic heterocycles. The van der Waals surface area contributed by atoms with Crippen LogP contribution < -0.4 is 0 Å². The molecule has 0 heterocycles. The predicted octanol–water partition coefficient (Wildman–Crippen LogP) is 5.16. The first-order valence-corrected chi connectivity index (χ1v) is 9.77. The molecule has 0 fully saturated rings. The normalized spacial score (nSPS) is 15.7. The first-order valence-electron chi connectivity index (χ1n) is 5.73. The van der Waals surface area contributed by atoms with Gasteiger partial charge in [0.05, 0.1) is 0 Å². The van der Waals surface area contributed by atoms with Gasteiger partial charge >= 0.3 is 0 Å². The molecule has 0 spiro atoms. The Morgan fingerprint density at radius 3 is 2.00 bits per heavy atom. The number of rotatable bonds is 3. The average molecular weight is 368 g/mol. The second kappa shape index (κ2) is 5.47. The third-order valence-electron chi connectivity index (χ3n) is 3.67. The molecule has 0 aromatic heterocycles. The van der Waals surface area contributed by atoms with Gasteiger partial charge in [-0.3, -0.25) is 0 Å². The van der Waals surface area contributed by atoms with Crippen LogP contribution in [0.4, 0.5) is 4.39 Å². The first-order chi connectivity index (χ1) is 7.70. The number of hydrogen-bond donors (Lipinski definition) is 0. The monoisotopic (exact) mass is 368 g/mol. The smallest absolute Gasteiger partial charge is 0.123 e. The van der Waals surface area contributed by atoms with Gasteiger partial charge in [-0.2, -0.15) is 0 Å². The van der Waals surface area contributed by atoms with Crippen molar-refractivity contribution < 1.29 is 4.39 Å². The van der Waals surface area contributed by atoms with E-state index in [2.05, 4.69) is 55.9 Å². The van der Waals surface area contributed by atoms with E-state index in [1.54, 1.807) is 12.1 Å². The molecule has 1 aromatic rings. The van der Waals surface area contributed by atoms with Gasteiger partial charge in [-0.15, -0.1) is 0 Å². The highest BCUT2D eigenvalue weighted by molar-refractivity contribution is 14.1. The van der Waals surface area contributed by atoms with Crippen LogP contribution >= 0.6 is 32.6 Å². The van der Waals surface area contributed by atoms with Crippen LogP contribution in [0.1, 0.15) is 31.6 Å². The topological polar surface area (TPSA) is 0 Å². The molecule has 0 saturated carbocycles. The summed E-state index contributed by atoms with van der Waals surface area (Å²) in [6.07, 6.45) is 4.78. The summed E-state index contributed by atoms with van der Waals surface area (Å²) in [6, 6.07) is 7.04. The Kier molecular flexibility index (Phi) is 4.92. The van der Waals surface area contributed by atoms with E-state index >= 15 is 0 Å². The van der Waals surface area contributed by atoms with Crippen molar-refractivity contribution >= 4 is 32.6 Å². The lowest BCUT2D eigenvalue weighted by Gasteiger charge is -2.50. The van der Waals surface area contributed by atoms with Crippen LogP contribution in [0, 0.1) is 5.82 Å². The summed E-state index contributed by atoms with van der Waals surface area (Å²) < 4.78 is 14.4. The van der Waals surface area contributed by atoms with Gasteiger partial charge in [-0.25, -0.2) is 14.4 Å². The second-order valence-electron chi connectivity index (χ2n) is 5.71. The van der Waals surface area contributed by atoms with Crippen molar-refractivity contribution in [3.05, 3.63) is 35.6 Å². The van der Waals surface area contributed by atoms with E-state index in [4.69, 9.17) is 0 Å². The van der Waals surface area contributed by atoms with Crippen molar-refractivity contribution in [2.75, 3.05) is 16.9 Å². The fraction of sp³-hybridized carbons (Fsp3) is 0.571. The molecule has 3 heteroatoms. The van der Waals surface area contributed by atoms with E-state index < -0.39 is 10.0 Å². The predicted molar refractivity (Wildman–Crippen MR) is 87.2 cm³/mol. The molecule has 0 aliphatic rings. The molecule has 0 radical (unpaired) electrons. The highest BCUT2D eigenvalue weighted by atomic mass is 127. The van der Waals surface area contributed by atoms with Crippen molar-refractivity contribution in [2.45, 2.75) is 30.8 Å². The molecule has 1 atom stereocenters. The van der Waals surface area contributed by atoms with Crippen molar-refractivity contribution in [3.63, 3.8) is 0 Å². The number of halogens is 2. The highest BCUT2D eigenvalue weighted by Gasteiger charge is 2.35. The molecular formula is C14H22FIS. The molecule has 0 nitrogen and oxygen atoms in total. The van der Waals surface area contributed by atoms with E-state index in [1.807, 2.05) is 12.1 Å². The van der Waals surface area contributed by atoms with Crippen LogP contribution in [0.3, 0.4) is 0 Å². The fourth-order valence-corrected chi connectivity index (χ4v) is 6.90. The first kappa shape index (κ1) is 15.3. The second-order valence-corrected chi connectivity index (χ2v) is 11.2. The summed E-state index contributed by atoms with van der Waals surface area (Å²) in [5.74, 6) is -0.149. The Morgan fingerprint density at radius 2 is 1.65 bits per heavy atom.